The van der Waals surface area contributed by atoms with Gasteiger partial charge in [-0.3, -0.25) is 0 Å². The Morgan fingerprint density at radius 3 is 1.94 bits per heavy atom. The number of allylic oxidation sites excluding steroid dienone is 2. The number of thioether (sulfide) groups is 1. The van der Waals surface area contributed by atoms with Crippen molar-refractivity contribution >= 4 is 11.8 Å². The lowest BCUT2D eigenvalue weighted by Crippen LogP contribution is -2.00. The van der Waals surface area contributed by atoms with Crippen LogP contribution in [0.3, 0.4) is 0 Å². The standard InChI is InChI=1S/C15H17NOS/c1-5-7-12-10(3)15(18-9-16)11(4)13(8-6-2)14(12)17/h5-6,17H,1-2,7-8H2,3-4H3. The number of hydrogen-bond donors (Lipinski definition) is 1. The predicted octanol–water partition coefficient (Wildman–Crippen LogP) is 4.04. The molecule has 0 unspecified atom stereocenters. The van der Waals surface area contributed by atoms with Crippen molar-refractivity contribution in [3.8, 4) is 11.2 Å². The molecule has 2 nitrogen and oxygen atoms in total. The third-order valence-corrected chi connectivity index (χ3v) is 3.91. The molecule has 1 aromatic rings. The van der Waals surface area contributed by atoms with Crippen LogP contribution in [0, 0.1) is 24.5 Å². The van der Waals surface area contributed by atoms with E-state index in [1.807, 2.05) is 13.8 Å². The largest absolute Gasteiger partial charge is 0.507 e. The number of phenolic OH excluding ortho intramolecular Hbond substituents is 1. The van der Waals surface area contributed by atoms with E-state index in [0.717, 1.165) is 38.9 Å². The van der Waals surface area contributed by atoms with E-state index < -0.39 is 0 Å². The number of rotatable bonds is 5. The van der Waals surface area contributed by atoms with Crippen molar-refractivity contribution in [3.05, 3.63) is 47.6 Å². The molecule has 3 heteroatoms. The van der Waals surface area contributed by atoms with E-state index in [-0.39, 0.29) is 0 Å². The second-order valence-corrected chi connectivity index (χ2v) is 4.86. The number of nitrogens with zero attached hydrogens (tertiary/aromatic N) is 1. The number of hydrogen-bond acceptors (Lipinski definition) is 3. The van der Waals surface area contributed by atoms with Crippen molar-refractivity contribution in [3.63, 3.8) is 0 Å². The molecule has 0 aliphatic heterocycles. The molecule has 0 bridgehead atoms. The molecule has 1 aromatic carbocycles. The third kappa shape index (κ3) is 2.60. The zero-order chi connectivity index (χ0) is 13.7. The quantitative estimate of drug-likeness (QED) is 0.493. The van der Waals surface area contributed by atoms with Gasteiger partial charge >= 0.3 is 0 Å². The Morgan fingerprint density at radius 2 is 1.61 bits per heavy atom. The number of aromatic hydroxyl groups is 1. The van der Waals surface area contributed by atoms with E-state index in [1.54, 1.807) is 12.2 Å². The van der Waals surface area contributed by atoms with Crippen LogP contribution >= 0.6 is 11.8 Å². The molecule has 0 radical (unpaired) electrons. The minimum absolute atomic E-state index is 0.312. The van der Waals surface area contributed by atoms with Crippen LogP contribution in [-0.2, 0) is 12.8 Å². The lowest BCUT2D eigenvalue weighted by atomic mass is 9.94. The number of phenols is 1. The maximum Gasteiger partial charge on any atom is 0.138 e. The molecule has 0 saturated carbocycles. The minimum Gasteiger partial charge on any atom is -0.507 e. The SMILES string of the molecule is C=CCc1c(C)c(SC#N)c(C)c(CC=C)c1O. The Balaban J connectivity index is 3.58. The van der Waals surface area contributed by atoms with Crippen LogP contribution in [0.1, 0.15) is 22.3 Å². The van der Waals surface area contributed by atoms with Crippen LogP contribution in [0.5, 0.6) is 5.75 Å². The van der Waals surface area contributed by atoms with Crippen molar-refractivity contribution in [2.75, 3.05) is 0 Å². The Morgan fingerprint density at radius 1 is 1.17 bits per heavy atom. The summed E-state index contributed by atoms with van der Waals surface area (Å²) < 4.78 is 0. The van der Waals surface area contributed by atoms with Crippen molar-refractivity contribution in [2.45, 2.75) is 31.6 Å². The van der Waals surface area contributed by atoms with E-state index in [2.05, 4.69) is 18.6 Å². The first-order valence-corrected chi connectivity index (χ1v) is 6.51. The summed E-state index contributed by atoms with van der Waals surface area (Å²) in [6, 6.07) is 0. The number of benzene rings is 1. The van der Waals surface area contributed by atoms with Gasteiger partial charge in [0, 0.05) is 16.0 Å². The highest BCUT2D eigenvalue weighted by Gasteiger charge is 2.18. The average molecular weight is 259 g/mol. The van der Waals surface area contributed by atoms with Gasteiger partial charge in [-0.15, -0.1) is 13.2 Å². The molecule has 0 aromatic heterocycles. The maximum atomic E-state index is 10.3. The summed E-state index contributed by atoms with van der Waals surface area (Å²) in [5.41, 5.74) is 3.63. The van der Waals surface area contributed by atoms with Crippen LogP contribution in [0.4, 0.5) is 0 Å². The van der Waals surface area contributed by atoms with E-state index in [4.69, 9.17) is 5.26 Å². The van der Waals surface area contributed by atoms with Crippen LogP contribution in [0.2, 0.25) is 0 Å². The lowest BCUT2D eigenvalue weighted by Gasteiger charge is -2.17. The van der Waals surface area contributed by atoms with Gasteiger partial charge in [0.2, 0.25) is 0 Å². The van der Waals surface area contributed by atoms with Gasteiger partial charge in [0.15, 0.2) is 0 Å². The fraction of sp³-hybridized carbons (Fsp3) is 0.267. The molecule has 0 spiro atoms. The molecule has 0 amide bonds. The van der Waals surface area contributed by atoms with Crippen molar-refractivity contribution in [1.82, 2.24) is 0 Å². The molecule has 0 heterocycles. The fourth-order valence-electron chi connectivity index (χ4n) is 2.08. The van der Waals surface area contributed by atoms with Crippen LogP contribution in [0.15, 0.2) is 30.2 Å². The van der Waals surface area contributed by atoms with Gasteiger partial charge in [-0.05, 0) is 49.6 Å². The molecular weight excluding hydrogens is 242 g/mol. The molecule has 0 aliphatic rings. The summed E-state index contributed by atoms with van der Waals surface area (Å²) >= 11 is 1.14. The summed E-state index contributed by atoms with van der Waals surface area (Å²) in [6.07, 6.45) is 4.72. The molecule has 18 heavy (non-hydrogen) atoms. The molecule has 1 N–H and O–H groups in total. The summed E-state index contributed by atoms with van der Waals surface area (Å²) in [5, 5.41) is 21.3. The molecule has 94 valence electrons. The van der Waals surface area contributed by atoms with Gasteiger partial charge in [0.1, 0.15) is 11.2 Å². The minimum atomic E-state index is 0.312. The van der Waals surface area contributed by atoms with Crippen molar-refractivity contribution in [2.24, 2.45) is 0 Å². The van der Waals surface area contributed by atoms with Gasteiger partial charge in [-0.1, -0.05) is 12.2 Å². The fourth-order valence-corrected chi connectivity index (χ4v) is 2.72. The molecule has 0 aliphatic carbocycles. The van der Waals surface area contributed by atoms with Crippen LogP contribution in [0.25, 0.3) is 0 Å². The highest BCUT2D eigenvalue weighted by Crippen LogP contribution is 2.38. The molecule has 0 atom stereocenters. The predicted molar refractivity (Wildman–Crippen MR) is 76.9 cm³/mol. The van der Waals surface area contributed by atoms with E-state index in [1.165, 1.54) is 0 Å². The Hall–Kier alpha value is -1.66. The highest BCUT2D eigenvalue weighted by molar-refractivity contribution is 8.03. The van der Waals surface area contributed by atoms with Gasteiger partial charge in [0.25, 0.3) is 0 Å². The molecule has 0 fully saturated rings. The number of nitriles is 1. The summed E-state index contributed by atoms with van der Waals surface area (Å²) in [7, 11) is 0. The first-order chi connectivity index (χ1) is 8.58. The summed E-state index contributed by atoms with van der Waals surface area (Å²) in [5.74, 6) is 0.312. The highest BCUT2D eigenvalue weighted by atomic mass is 32.2. The maximum absolute atomic E-state index is 10.3. The Bertz CT molecular complexity index is 489. The number of thiocyanates is 1. The molecular formula is C15H17NOS. The van der Waals surface area contributed by atoms with Crippen LogP contribution in [-0.4, -0.2) is 5.11 Å². The zero-order valence-corrected chi connectivity index (χ0v) is 11.6. The Labute approximate surface area is 113 Å². The summed E-state index contributed by atoms with van der Waals surface area (Å²) in [4.78, 5) is 0.934. The van der Waals surface area contributed by atoms with Gasteiger partial charge in [0.05, 0.1) is 0 Å². The van der Waals surface area contributed by atoms with E-state index in [9.17, 15) is 5.11 Å². The second-order valence-electron chi connectivity index (χ2n) is 4.06. The van der Waals surface area contributed by atoms with Crippen molar-refractivity contribution < 1.29 is 5.11 Å². The molecule has 1 rings (SSSR count). The summed E-state index contributed by atoms with van der Waals surface area (Å²) in [6.45, 7) is 11.3. The smallest absolute Gasteiger partial charge is 0.138 e. The van der Waals surface area contributed by atoms with Gasteiger partial charge in [-0.2, -0.15) is 5.26 Å². The lowest BCUT2D eigenvalue weighted by molar-refractivity contribution is 0.462. The van der Waals surface area contributed by atoms with Crippen LogP contribution < -0.4 is 0 Å². The molecule has 0 saturated heterocycles. The average Bonchev–Trinajstić information content (AvgIpc) is 2.35. The van der Waals surface area contributed by atoms with Crippen molar-refractivity contribution in [1.29, 1.82) is 5.26 Å². The van der Waals surface area contributed by atoms with E-state index >= 15 is 0 Å². The third-order valence-electron chi connectivity index (χ3n) is 3.00. The topological polar surface area (TPSA) is 44.0 Å². The van der Waals surface area contributed by atoms with E-state index in [0.29, 0.717) is 18.6 Å². The van der Waals surface area contributed by atoms with Gasteiger partial charge in [-0.25, -0.2) is 0 Å². The zero-order valence-electron chi connectivity index (χ0n) is 10.8. The normalized spacial score (nSPS) is 9.83. The monoisotopic (exact) mass is 259 g/mol. The Kier molecular flexibility index (Phi) is 5.06. The first-order valence-electron chi connectivity index (χ1n) is 5.70. The first kappa shape index (κ1) is 14.4. The van der Waals surface area contributed by atoms with Gasteiger partial charge < -0.3 is 5.11 Å². The second kappa shape index (κ2) is 6.32.